The van der Waals surface area contributed by atoms with Crippen LogP contribution in [0.1, 0.15) is 119 Å². The van der Waals surface area contributed by atoms with E-state index >= 15 is 4.57 Å². The molecule has 1 aliphatic heterocycles. The van der Waals surface area contributed by atoms with Crippen LogP contribution in [-0.4, -0.2) is 36.8 Å². The zero-order chi connectivity index (χ0) is 31.6. The number of unbranched alkanes of at least 4 members (excludes halogenated alkanes) is 6. The summed E-state index contributed by atoms with van der Waals surface area (Å²) in [6.07, 6.45) is 16.0. The Labute approximate surface area is 287 Å². The van der Waals surface area contributed by atoms with Gasteiger partial charge < -0.3 is 0 Å². The minimum atomic E-state index is -2.87. The predicted octanol–water partition coefficient (Wildman–Crippen LogP) is 11.5. The van der Waals surface area contributed by atoms with E-state index in [9.17, 15) is 0 Å². The van der Waals surface area contributed by atoms with E-state index in [1.165, 1.54) is 124 Å². The van der Waals surface area contributed by atoms with Gasteiger partial charge in [-0.1, -0.05) is 0 Å². The van der Waals surface area contributed by atoms with Gasteiger partial charge in [0, 0.05) is 0 Å². The Hall–Kier alpha value is 0.447. The molecule has 0 radical (unpaired) electrons. The molecule has 3 heterocycles. The van der Waals surface area contributed by atoms with Crippen molar-refractivity contribution in [2.24, 2.45) is 0 Å². The fourth-order valence-electron chi connectivity index (χ4n) is 7.70. The van der Waals surface area contributed by atoms with Gasteiger partial charge in [0.15, 0.2) is 0 Å². The van der Waals surface area contributed by atoms with Gasteiger partial charge in [0.2, 0.25) is 0 Å². The van der Waals surface area contributed by atoms with Crippen LogP contribution in [0.15, 0.2) is 42.5 Å². The Bertz CT molecular complexity index is 1220. The van der Waals surface area contributed by atoms with E-state index in [1.807, 2.05) is 0 Å². The molecule has 1 aromatic carbocycles. The molecule has 0 aliphatic carbocycles. The summed E-state index contributed by atoms with van der Waals surface area (Å²) < 4.78 is 28.3. The maximum absolute atomic E-state index is 15.9. The second kappa shape index (κ2) is 17.7. The number of hydrogen-bond donors (Lipinski definition) is 0. The van der Waals surface area contributed by atoms with E-state index in [0.717, 1.165) is 5.30 Å². The molecule has 2 aromatic heterocycles. The van der Waals surface area contributed by atoms with Gasteiger partial charge in [0.25, 0.3) is 0 Å². The molecule has 1 aliphatic rings. The van der Waals surface area contributed by atoms with Gasteiger partial charge in [-0.25, -0.2) is 0 Å². The first-order valence-corrected chi connectivity index (χ1v) is 36.7. The molecule has 3 aromatic rings. The first-order chi connectivity index (χ1) is 21.4. The molecular weight excluding hydrogens is 805 g/mol. The van der Waals surface area contributed by atoms with E-state index in [4.69, 9.17) is 0 Å². The predicted molar refractivity (Wildman–Crippen MR) is 210 cm³/mol. The molecule has 0 unspecified atom stereocenters. The van der Waals surface area contributed by atoms with Crippen LogP contribution in [-0.2, 0) is 4.57 Å². The second-order valence-electron chi connectivity index (χ2n) is 13.8. The Morgan fingerprint density at radius 2 is 0.841 bits per heavy atom. The van der Waals surface area contributed by atoms with E-state index in [1.54, 1.807) is 5.79 Å². The van der Waals surface area contributed by atoms with Gasteiger partial charge in [-0.15, -0.1) is 0 Å². The fraction of sp³-hybridized carbons (Fsp3) is 0.632. The normalized spacial score (nSPS) is 14.2. The molecule has 1 nitrogen and oxygen atoms in total. The van der Waals surface area contributed by atoms with Crippen LogP contribution in [0.5, 0.6) is 0 Å². The number of fused-ring (bicyclic) bond motifs is 3. The van der Waals surface area contributed by atoms with Crippen molar-refractivity contribution in [3.8, 4) is 9.75 Å². The number of benzene rings is 1. The van der Waals surface area contributed by atoms with Gasteiger partial charge >= 0.3 is 290 Å². The molecule has 44 heavy (non-hydrogen) atoms. The van der Waals surface area contributed by atoms with Crippen LogP contribution >= 0.6 is 29.8 Å². The molecule has 0 saturated heterocycles. The molecule has 244 valence electrons. The zero-order valence-corrected chi connectivity index (χ0v) is 37.2. The minimum absolute atomic E-state index is 1.07. The topological polar surface area (TPSA) is 17.1 Å². The average molecular weight is 866 g/mol. The third-order valence-corrected chi connectivity index (χ3v) is 52.8. The van der Waals surface area contributed by atoms with Gasteiger partial charge in [0.1, 0.15) is 0 Å². The molecule has 0 spiro atoms. The van der Waals surface area contributed by atoms with Gasteiger partial charge in [0.05, 0.1) is 0 Å². The summed E-state index contributed by atoms with van der Waals surface area (Å²) in [6, 6.07) is 15.9. The third kappa shape index (κ3) is 7.84. The molecular formula is C38H61OPS2Sn2. The summed E-state index contributed by atoms with van der Waals surface area (Å²) in [5, 5.41) is 3.54. The molecule has 4 rings (SSSR count). The van der Waals surface area contributed by atoms with Crippen molar-refractivity contribution in [2.45, 2.75) is 145 Å². The van der Waals surface area contributed by atoms with Crippen LogP contribution in [0, 0.1) is 0 Å². The summed E-state index contributed by atoms with van der Waals surface area (Å²) >= 11 is -1.01. The van der Waals surface area contributed by atoms with E-state index in [2.05, 4.69) is 107 Å². The van der Waals surface area contributed by atoms with E-state index < -0.39 is 43.9 Å². The Morgan fingerprint density at radius 3 is 1.14 bits per heavy atom. The molecule has 6 heteroatoms. The quantitative estimate of drug-likeness (QED) is 0.0602. The van der Waals surface area contributed by atoms with Crippen LogP contribution < -0.4 is 21.7 Å². The Kier molecular flexibility index (Phi) is 15.0. The Morgan fingerprint density at radius 1 is 0.523 bits per heavy atom. The molecule has 0 amide bonds. The van der Waals surface area contributed by atoms with Crippen LogP contribution in [0.2, 0.25) is 26.6 Å². The van der Waals surface area contributed by atoms with Crippen molar-refractivity contribution in [2.75, 3.05) is 0 Å². The number of hydrogen-bond acceptors (Lipinski definition) is 3. The molecule has 0 atom stereocenters. The van der Waals surface area contributed by atoms with Crippen LogP contribution in [0.3, 0.4) is 0 Å². The van der Waals surface area contributed by atoms with Gasteiger partial charge in [-0.05, 0) is 0 Å². The molecule has 0 saturated carbocycles. The summed E-state index contributed by atoms with van der Waals surface area (Å²) in [4.78, 5) is 2.87. The summed E-state index contributed by atoms with van der Waals surface area (Å²) in [5.74, 6) is 0. The van der Waals surface area contributed by atoms with Gasteiger partial charge in [-0.3, -0.25) is 0 Å². The standard InChI is InChI=1S/C14H7OPS2.6C4H9.2Sn/c15-16(10-4-2-1-3-5-10)11-6-8-17-13(11)14-12(16)7-9-18-14;6*1-3-4-2;;/h1-7H;6*1,3-4H2,2H3;;. The number of rotatable bonds is 21. The van der Waals surface area contributed by atoms with Gasteiger partial charge in [-0.2, -0.15) is 0 Å². The van der Waals surface area contributed by atoms with Crippen molar-refractivity contribution in [1.82, 2.24) is 0 Å². The van der Waals surface area contributed by atoms with Crippen molar-refractivity contribution in [3.05, 3.63) is 42.5 Å². The number of thiophene rings is 2. The van der Waals surface area contributed by atoms with Crippen molar-refractivity contribution in [1.29, 1.82) is 0 Å². The average Bonchev–Trinajstić information content (AvgIpc) is 3.75. The summed E-state index contributed by atoms with van der Waals surface area (Å²) in [5.41, 5.74) is 0. The first kappa shape index (κ1) is 37.3. The summed E-state index contributed by atoms with van der Waals surface area (Å²) in [6.45, 7) is 14.3. The molecule has 0 fully saturated rings. The fourth-order valence-corrected chi connectivity index (χ4v) is 53.1. The van der Waals surface area contributed by atoms with E-state index in [0.29, 0.717) is 0 Å². The monoisotopic (exact) mass is 868 g/mol. The van der Waals surface area contributed by atoms with Crippen molar-refractivity contribution >= 4 is 88.3 Å². The third-order valence-electron chi connectivity index (χ3n) is 10.5. The van der Waals surface area contributed by atoms with Crippen molar-refractivity contribution < 1.29 is 4.57 Å². The van der Waals surface area contributed by atoms with E-state index in [-0.39, 0.29) is 0 Å². The molecule has 0 N–H and O–H groups in total. The maximum atomic E-state index is 15.9. The van der Waals surface area contributed by atoms with Crippen LogP contribution in [0.25, 0.3) is 9.75 Å². The zero-order valence-electron chi connectivity index (χ0n) is 28.9. The Balaban J connectivity index is 1.94. The van der Waals surface area contributed by atoms with Crippen molar-refractivity contribution in [3.63, 3.8) is 0 Å². The molecule has 0 bridgehead atoms. The van der Waals surface area contributed by atoms with Crippen LogP contribution in [0.4, 0.5) is 0 Å². The summed E-state index contributed by atoms with van der Waals surface area (Å²) in [7, 11) is -2.87. The SMILES string of the molecule is CCC[CH2][Sn]([CH2]CCC)([CH2]CCC)[c]1cc2c(s1)-c1s[c]([Sn]([CH2]CCC)([CH2]CCC)[CH2]CCC)cc1P2(=O)c1ccccc1. The second-order valence-corrected chi connectivity index (χ2v) is 46.9. The first-order valence-electron chi connectivity index (χ1n) is 18.3.